The second-order valence-corrected chi connectivity index (χ2v) is 10.7. The van der Waals surface area contributed by atoms with E-state index in [-0.39, 0.29) is 22.4 Å². The average molecular weight is 524 g/mol. The van der Waals surface area contributed by atoms with E-state index in [2.05, 4.69) is 14.9 Å². The number of likely N-dealkylation sites (tertiary alicyclic amines) is 1. The molecule has 0 spiro atoms. The van der Waals surface area contributed by atoms with Crippen LogP contribution in [0.1, 0.15) is 40.4 Å². The minimum absolute atomic E-state index is 0.0122. The molecule has 4 rings (SSSR count). The van der Waals surface area contributed by atoms with Gasteiger partial charge in [-0.2, -0.15) is 0 Å². The molecular weight excluding hydrogens is 490 g/mol. The molecule has 0 aliphatic carbocycles. The largest absolute Gasteiger partial charge is 0.497 e. The zero-order valence-corrected chi connectivity index (χ0v) is 22.2. The molecule has 1 atom stereocenters. The van der Waals surface area contributed by atoms with Crippen molar-refractivity contribution in [3.8, 4) is 11.5 Å². The summed E-state index contributed by atoms with van der Waals surface area (Å²) < 4.78 is 39.6. The van der Waals surface area contributed by atoms with Crippen LogP contribution >= 0.6 is 0 Å². The SMILES string of the molecule is COc1ccc([C@@H](CNC(=O)c2ccc(C)c(S(=O)(=O)Nc3ccccc3OC)c2)N2CCCC2)cc1. The third-order valence-corrected chi connectivity index (χ3v) is 8.14. The van der Waals surface area contributed by atoms with Gasteiger partial charge in [0.15, 0.2) is 0 Å². The van der Waals surface area contributed by atoms with Crippen molar-refractivity contribution in [3.63, 3.8) is 0 Å². The normalized spacial score (nSPS) is 14.7. The van der Waals surface area contributed by atoms with Gasteiger partial charge in [-0.15, -0.1) is 0 Å². The first-order valence-corrected chi connectivity index (χ1v) is 13.7. The number of amides is 1. The van der Waals surface area contributed by atoms with Crippen LogP contribution in [0.3, 0.4) is 0 Å². The number of nitrogens with zero attached hydrogens (tertiary/aromatic N) is 1. The van der Waals surface area contributed by atoms with E-state index in [9.17, 15) is 13.2 Å². The molecule has 3 aromatic carbocycles. The van der Waals surface area contributed by atoms with Gasteiger partial charge in [-0.25, -0.2) is 8.42 Å². The highest BCUT2D eigenvalue weighted by molar-refractivity contribution is 7.92. The Balaban J connectivity index is 1.53. The van der Waals surface area contributed by atoms with Crippen molar-refractivity contribution in [3.05, 3.63) is 83.4 Å². The van der Waals surface area contributed by atoms with E-state index >= 15 is 0 Å². The second kappa shape index (κ2) is 11.7. The van der Waals surface area contributed by atoms with Crippen LogP contribution in [0.15, 0.2) is 71.6 Å². The van der Waals surface area contributed by atoms with Crippen LogP contribution in [0.5, 0.6) is 11.5 Å². The van der Waals surface area contributed by atoms with Gasteiger partial charge in [0, 0.05) is 12.1 Å². The van der Waals surface area contributed by atoms with Gasteiger partial charge in [-0.1, -0.05) is 30.3 Å². The fourth-order valence-electron chi connectivity index (χ4n) is 4.59. The lowest BCUT2D eigenvalue weighted by molar-refractivity contribution is 0.0937. The van der Waals surface area contributed by atoms with E-state index in [0.717, 1.165) is 37.2 Å². The van der Waals surface area contributed by atoms with Crippen molar-refractivity contribution in [2.75, 3.05) is 38.6 Å². The highest BCUT2D eigenvalue weighted by atomic mass is 32.2. The molecule has 0 saturated carbocycles. The third-order valence-electron chi connectivity index (χ3n) is 6.63. The zero-order valence-electron chi connectivity index (χ0n) is 21.4. The second-order valence-electron chi connectivity index (χ2n) is 9.03. The smallest absolute Gasteiger partial charge is 0.262 e. The highest BCUT2D eigenvalue weighted by Crippen LogP contribution is 2.28. The quantitative estimate of drug-likeness (QED) is 0.409. The molecule has 1 amide bonds. The summed E-state index contributed by atoms with van der Waals surface area (Å²) in [5.41, 5.74) is 2.23. The van der Waals surface area contributed by atoms with E-state index in [1.54, 1.807) is 50.4 Å². The van der Waals surface area contributed by atoms with Crippen molar-refractivity contribution in [1.82, 2.24) is 10.2 Å². The number of aryl methyl sites for hydroxylation is 1. The Labute approximate surface area is 218 Å². The molecule has 37 heavy (non-hydrogen) atoms. The van der Waals surface area contributed by atoms with Crippen LogP contribution in [0, 0.1) is 6.92 Å². The molecule has 8 nitrogen and oxygen atoms in total. The Hall–Kier alpha value is -3.56. The number of sulfonamides is 1. The minimum Gasteiger partial charge on any atom is -0.497 e. The van der Waals surface area contributed by atoms with Gasteiger partial charge in [0.1, 0.15) is 11.5 Å². The van der Waals surface area contributed by atoms with Crippen molar-refractivity contribution < 1.29 is 22.7 Å². The number of ether oxygens (including phenoxy) is 2. The molecule has 1 aliphatic heterocycles. The highest BCUT2D eigenvalue weighted by Gasteiger charge is 2.25. The van der Waals surface area contributed by atoms with Crippen molar-refractivity contribution in [2.45, 2.75) is 30.7 Å². The fraction of sp³-hybridized carbons (Fsp3) is 0.321. The number of hydrogen-bond donors (Lipinski definition) is 2. The van der Waals surface area contributed by atoms with E-state index in [0.29, 0.717) is 23.5 Å². The number of carbonyl (C=O) groups is 1. The monoisotopic (exact) mass is 523 g/mol. The maximum absolute atomic E-state index is 13.2. The summed E-state index contributed by atoms with van der Waals surface area (Å²) in [7, 11) is -0.846. The number of methoxy groups -OCH3 is 2. The fourth-order valence-corrected chi connectivity index (χ4v) is 5.93. The maximum atomic E-state index is 13.2. The van der Waals surface area contributed by atoms with Gasteiger partial charge >= 0.3 is 0 Å². The Kier molecular flexibility index (Phi) is 8.35. The molecule has 1 heterocycles. The molecule has 0 bridgehead atoms. The van der Waals surface area contributed by atoms with Crippen LogP contribution in [-0.2, 0) is 10.0 Å². The van der Waals surface area contributed by atoms with Gasteiger partial charge < -0.3 is 14.8 Å². The predicted octanol–water partition coefficient (Wildman–Crippen LogP) is 4.38. The summed E-state index contributed by atoms with van der Waals surface area (Å²) in [5, 5.41) is 3.02. The van der Waals surface area contributed by atoms with Crippen molar-refractivity contribution in [2.24, 2.45) is 0 Å². The summed E-state index contributed by atoms with van der Waals surface area (Å²) in [6.45, 7) is 4.04. The molecule has 0 aromatic heterocycles. The van der Waals surface area contributed by atoms with Crippen LogP contribution in [0.4, 0.5) is 5.69 Å². The topological polar surface area (TPSA) is 97.0 Å². The van der Waals surface area contributed by atoms with E-state index in [4.69, 9.17) is 9.47 Å². The van der Waals surface area contributed by atoms with Crippen molar-refractivity contribution >= 4 is 21.6 Å². The van der Waals surface area contributed by atoms with Crippen LogP contribution in [0.2, 0.25) is 0 Å². The number of nitrogens with one attached hydrogen (secondary N) is 2. The number of carbonyl (C=O) groups excluding carboxylic acids is 1. The number of rotatable bonds is 10. The Morgan fingerprint density at radius 1 is 0.973 bits per heavy atom. The molecule has 0 radical (unpaired) electrons. The van der Waals surface area contributed by atoms with Crippen molar-refractivity contribution in [1.29, 1.82) is 0 Å². The van der Waals surface area contributed by atoms with Gasteiger partial charge in [-0.3, -0.25) is 14.4 Å². The number of hydrogen-bond acceptors (Lipinski definition) is 6. The van der Waals surface area contributed by atoms with Crippen LogP contribution in [-0.4, -0.2) is 53.1 Å². The molecule has 3 aromatic rings. The van der Waals surface area contributed by atoms with Gasteiger partial charge in [0.2, 0.25) is 0 Å². The van der Waals surface area contributed by atoms with E-state index < -0.39 is 10.0 Å². The number of para-hydroxylation sites is 2. The Morgan fingerprint density at radius 2 is 1.68 bits per heavy atom. The molecule has 9 heteroatoms. The van der Waals surface area contributed by atoms with E-state index in [1.165, 1.54) is 13.2 Å². The molecule has 2 N–H and O–H groups in total. The van der Waals surface area contributed by atoms with Gasteiger partial charge in [0.25, 0.3) is 15.9 Å². The van der Waals surface area contributed by atoms with Gasteiger partial charge in [-0.05, 0) is 80.4 Å². The third kappa shape index (κ3) is 6.23. The first-order valence-electron chi connectivity index (χ1n) is 12.2. The summed E-state index contributed by atoms with van der Waals surface area (Å²) in [5.74, 6) is 0.860. The molecule has 0 unspecified atom stereocenters. The number of benzene rings is 3. The minimum atomic E-state index is -3.96. The van der Waals surface area contributed by atoms with Gasteiger partial charge in [0.05, 0.1) is 30.8 Å². The summed E-state index contributed by atoms with van der Waals surface area (Å²) in [6.07, 6.45) is 2.25. The standard InChI is InChI=1S/C28H33N3O5S/c1-20-10-11-22(18-27(20)37(33,34)30-24-8-4-5-9-26(24)36-3)28(32)29-19-25(31-16-6-7-17-31)21-12-14-23(35-2)15-13-21/h4-5,8-15,18,25,30H,6-7,16-17,19H2,1-3H3,(H,29,32)/t25-/m1/s1. The van der Waals surface area contributed by atoms with Crippen LogP contribution in [0.25, 0.3) is 0 Å². The predicted molar refractivity (Wildman–Crippen MR) is 144 cm³/mol. The zero-order chi connectivity index (χ0) is 26.4. The molecule has 1 aliphatic rings. The van der Waals surface area contributed by atoms with Crippen LogP contribution < -0.4 is 19.5 Å². The molecular formula is C28H33N3O5S. The Morgan fingerprint density at radius 3 is 2.35 bits per heavy atom. The first kappa shape index (κ1) is 26.5. The summed E-state index contributed by atoms with van der Waals surface area (Å²) in [6, 6.07) is 19.4. The Bertz CT molecular complexity index is 1340. The lowest BCUT2D eigenvalue weighted by atomic mass is 10.0. The average Bonchev–Trinajstić information content (AvgIpc) is 3.44. The maximum Gasteiger partial charge on any atom is 0.262 e. The lowest BCUT2D eigenvalue weighted by Gasteiger charge is -2.28. The molecule has 196 valence electrons. The molecule has 1 saturated heterocycles. The summed E-state index contributed by atoms with van der Waals surface area (Å²) >= 11 is 0. The number of anilines is 1. The first-order chi connectivity index (χ1) is 17.8. The molecule has 1 fully saturated rings. The lowest BCUT2D eigenvalue weighted by Crippen LogP contribution is -2.36. The summed E-state index contributed by atoms with van der Waals surface area (Å²) in [4.78, 5) is 15.6. The van der Waals surface area contributed by atoms with E-state index in [1.807, 2.05) is 24.3 Å².